The summed E-state index contributed by atoms with van der Waals surface area (Å²) in [5.74, 6) is 0.733. The Kier molecular flexibility index (Phi) is 7.16. The minimum atomic E-state index is -0.0362. The van der Waals surface area contributed by atoms with E-state index in [1.807, 2.05) is 0 Å². The van der Waals surface area contributed by atoms with E-state index in [0.29, 0.717) is 0 Å². The molecule has 8 aromatic carbocycles. The lowest BCUT2D eigenvalue weighted by molar-refractivity contribution is 0.660. The molecule has 2 nitrogen and oxygen atoms in total. The van der Waals surface area contributed by atoms with E-state index in [0.717, 1.165) is 45.9 Å². The first-order chi connectivity index (χ1) is 26.0. The van der Waals surface area contributed by atoms with Gasteiger partial charge in [0.2, 0.25) is 0 Å². The van der Waals surface area contributed by atoms with Crippen LogP contribution in [0.25, 0.3) is 88.5 Å². The second-order valence-corrected chi connectivity index (χ2v) is 14.8. The zero-order chi connectivity index (χ0) is 35.7. The summed E-state index contributed by atoms with van der Waals surface area (Å²) in [4.78, 5) is 10.7. The van der Waals surface area contributed by atoms with Gasteiger partial charge in [-0.15, -0.1) is 0 Å². The molecule has 0 N–H and O–H groups in total. The maximum absolute atomic E-state index is 5.36. The molecule has 0 fully saturated rings. The molecule has 0 amide bonds. The van der Waals surface area contributed by atoms with E-state index in [2.05, 4.69) is 185 Å². The molecule has 0 radical (unpaired) electrons. The Hall–Kier alpha value is -6.38. The average molecular weight is 679 g/mol. The maximum atomic E-state index is 5.36. The standard InChI is InChI=1S/C51H38N2/c1-4-36-48(32-16-7-5-8-17-32)52-50(53-49(36)33-18-9-6-10-19-33)35-26-28-40-38-20-11-12-21-39(38)42-24-15-23-37(47(42)44(40)31-35)34-27-29-46-43(30-34)41-22-13-14-25-45(41)51(46,2)3/h5-31H,4H2,1-3H3. The summed E-state index contributed by atoms with van der Waals surface area (Å²) in [7, 11) is 0. The van der Waals surface area contributed by atoms with Crippen LogP contribution in [0.5, 0.6) is 0 Å². The molecule has 0 saturated heterocycles. The predicted molar refractivity (Wildman–Crippen MR) is 223 cm³/mol. The first kappa shape index (κ1) is 31.4. The van der Waals surface area contributed by atoms with Gasteiger partial charge in [0.15, 0.2) is 5.82 Å². The number of hydrogen-bond acceptors (Lipinski definition) is 2. The summed E-state index contributed by atoms with van der Waals surface area (Å²) in [6, 6.07) is 59.6. The molecular weight excluding hydrogens is 641 g/mol. The third-order valence-electron chi connectivity index (χ3n) is 11.5. The first-order valence-corrected chi connectivity index (χ1v) is 18.7. The molecule has 2 heteroatoms. The normalized spacial score (nSPS) is 13.0. The zero-order valence-electron chi connectivity index (χ0n) is 30.2. The van der Waals surface area contributed by atoms with Crippen LogP contribution in [-0.4, -0.2) is 9.97 Å². The van der Waals surface area contributed by atoms with Gasteiger partial charge in [-0.1, -0.05) is 172 Å². The van der Waals surface area contributed by atoms with Gasteiger partial charge < -0.3 is 0 Å². The predicted octanol–water partition coefficient (Wildman–Crippen LogP) is 13.5. The molecule has 0 bridgehead atoms. The van der Waals surface area contributed by atoms with Crippen LogP contribution in [0.15, 0.2) is 164 Å². The van der Waals surface area contributed by atoms with Gasteiger partial charge in [0.25, 0.3) is 0 Å². The van der Waals surface area contributed by atoms with Gasteiger partial charge in [0.05, 0.1) is 11.4 Å². The Balaban J connectivity index is 1.26. The molecule has 0 spiro atoms. The second-order valence-electron chi connectivity index (χ2n) is 14.8. The Morgan fingerprint density at radius 1 is 0.415 bits per heavy atom. The Morgan fingerprint density at radius 2 is 0.962 bits per heavy atom. The summed E-state index contributed by atoms with van der Waals surface area (Å²) >= 11 is 0. The van der Waals surface area contributed by atoms with E-state index >= 15 is 0 Å². The quantitative estimate of drug-likeness (QED) is 0.169. The van der Waals surface area contributed by atoms with Crippen LogP contribution in [0.3, 0.4) is 0 Å². The molecule has 1 heterocycles. The average Bonchev–Trinajstić information content (AvgIpc) is 3.45. The highest BCUT2D eigenvalue weighted by Gasteiger charge is 2.35. The third kappa shape index (κ3) is 4.86. The minimum Gasteiger partial charge on any atom is -0.228 e. The molecule has 0 saturated carbocycles. The molecule has 0 unspecified atom stereocenters. The molecule has 1 aliphatic carbocycles. The molecule has 1 aromatic heterocycles. The monoisotopic (exact) mass is 678 g/mol. The van der Waals surface area contributed by atoms with Crippen LogP contribution in [0.1, 0.15) is 37.5 Å². The van der Waals surface area contributed by atoms with Gasteiger partial charge >= 0.3 is 0 Å². The van der Waals surface area contributed by atoms with E-state index in [1.54, 1.807) is 0 Å². The molecular formula is C51H38N2. The number of hydrogen-bond donors (Lipinski definition) is 0. The minimum absolute atomic E-state index is 0.0362. The van der Waals surface area contributed by atoms with Crippen molar-refractivity contribution in [2.45, 2.75) is 32.6 Å². The second kappa shape index (κ2) is 12.1. The van der Waals surface area contributed by atoms with Gasteiger partial charge in [0, 0.05) is 27.7 Å². The maximum Gasteiger partial charge on any atom is 0.160 e. The van der Waals surface area contributed by atoms with E-state index < -0.39 is 0 Å². The number of fused-ring (bicyclic) bond motifs is 9. The van der Waals surface area contributed by atoms with Crippen molar-refractivity contribution in [2.24, 2.45) is 0 Å². The summed E-state index contributed by atoms with van der Waals surface area (Å²) < 4.78 is 0. The van der Waals surface area contributed by atoms with E-state index in [-0.39, 0.29) is 5.41 Å². The Morgan fingerprint density at radius 3 is 1.66 bits per heavy atom. The molecule has 9 aromatic rings. The lowest BCUT2D eigenvalue weighted by Crippen LogP contribution is -2.14. The topological polar surface area (TPSA) is 25.8 Å². The molecule has 1 aliphatic rings. The van der Waals surface area contributed by atoms with Crippen LogP contribution < -0.4 is 0 Å². The number of rotatable bonds is 5. The fourth-order valence-electron chi connectivity index (χ4n) is 8.89. The number of aromatic nitrogens is 2. The first-order valence-electron chi connectivity index (χ1n) is 18.7. The van der Waals surface area contributed by atoms with Gasteiger partial charge in [-0.2, -0.15) is 0 Å². The lowest BCUT2D eigenvalue weighted by atomic mass is 9.82. The lowest BCUT2D eigenvalue weighted by Gasteiger charge is -2.21. The van der Waals surface area contributed by atoms with Crippen molar-refractivity contribution in [1.82, 2.24) is 9.97 Å². The summed E-state index contributed by atoms with van der Waals surface area (Å²) in [5.41, 5.74) is 14.2. The van der Waals surface area contributed by atoms with Crippen LogP contribution in [0, 0.1) is 0 Å². The SMILES string of the molecule is CCc1c(-c2ccccc2)nc(-c2ccc3c4ccccc4c4cccc(-c5ccc6c(c5)-c5ccccc5C6(C)C)c4c3c2)nc1-c1ccccc1. The number of benzene rings is 8. The van der Waals surface area contributed by atoms with Crippen molar-refractivity contribution >= 4 is 32.3 Å². The van der Waals surface area contributed by atoms with Crippen molar-refractivity contribution < 1.29 is 0 Å². The van der Waals surface area contributed by atoms with Crippen LogP contribution >= 0.6 is 0 Å². The van der Waals surface area contributed by atoms with Crippen molar-refractivity contribution in [1.29, 1.82) is 0 Å². The molecule has 10 rings (SSSR count). The third-order valence-corrected chi connectivity index (χ3v) is 11.5. The van der Waals surface area contributed by atoms with Crippen molar-refractivity contribution in [3.05, 3.63) is 180 Å². The van der Waals surface area contributed by atoms with Crippen molar-refractivity contribution in [2.75, 3.05) is 0 Å². The largest absolute Gasteiger partial charge is 0.228 e. The summed E-state index contributed by atoms with van der Waals surface area (Å²) in [5, 5.41) is 7.46. The van der Waals surface area contributed by atoms with Gasteiger partial charge in [-0.25, -0.2) is 9.97 Å². The van der Waals surface area contributed by atoms with Crippen LogP contribution in [0.2, 0.25) is 0 Å². The highest BCUT2D eigenvalue weighted by molar-refractivity contribution is 6.28. The van der Waals surface area contributed by atoms with E-state index in [4.69, 9.17) is 9.97 Å². The fraction of sp³-hybridized carbons (Fsp3) is 0.0980. The molecule has 0 aliphatic heterocycles. The molecule has 0 atom stereocenters. The fourth-order valence-corrected chi connectivity index (χ4v) is 8.89. The number of nitrogens with zero attached hydrogens (tertiary/aromatic N) is 2. The van der Waals surface area contributed by atoms with Crippen LogP contribution in [-0.2, 0) is 11.8 Å². The zero-order valence-corrected chi connectivity index (χ0v) is 30.2. The van der Waals surface area contributed by atoms with Gasteiger partial charge in [-0.3, -0.25) is 0 Å². The van der Waals surface area contributed by atoms with Gasteiger partial charge in [0.1, 0.15) is 0 Å². The highest BCUT2D eigenvalue weighted by Crippen LogP contribution is 2.50. The van der Waals surface area contributed by atoms with E-state index in [9.17, 15) is 0 Å². The molecule has 252 valence electrons. The molecule has 53 heavy (non-hydrogen) atoms. The van der Waals surface area contributed by atoms with Gasteiger partial charge in [-0.05, 0) is 84.3 Å². The van der Waals surface area contributed by atoms with Crippen LogP contribution in [0.4, 0.5) is 0 Å². The Labute approximate surface area is 310 Å². The summed E-state index contributed by atoms with van der Waals surface area (Å²) in [6.45, 7) is 6.89. The smallest absolute Gasteiger partial charge is 0.160 e. The highest BCUT2D eigenvalue weighted by atomic mass is 14.9. The Bertz CT molecular complexity index is 2830. The van der Waals surface area contributed by atoms with Crippen molar-refractivity contribution in [3.8, 4) is 56.2 Å². The van der Waals surface area contributed by atoms with Crippen molar-refractivity contribution in [3.63, 3.8) is 0 Å². The summed E-state index contributed by atoms with van der Waals surface area (Å²) in [6.07, 6.45) is 0.828. The van der Waals surface area contributed by atoms with E-state index in [1.165, 1.54) is 65.7 Å².